The van der Waals surface area contributed by atoms with Crippen molar-refractivity contribution in [3.63, 3.8) is 0 Å². The van der Waals surface area contributed by atoms with E-state index in [4.69, 9.17) is 21.6 Å². The fraction of sp³-hybridized carbons (Fsp3) is 0.417. The molecule has 1 aliphatic rings. The van der Waals surface area contributed by atoms with Crippen LogP contribution in [0.25, 0.3) is 0 Å². The highest BCUT2D eigenvalue weighted by Gasteiger charge is 2.20. The molecule has 4 heteroatoms. The Morgan fingerprint density at radius 1 is 1.56 bits per heavy atom. The first-order valence-electron chi connectivity index (χ1n) is 5.27. The molecule has 0 radical (unpaired) electrons. The molecule has 0 spiro atoms. The van der Waals surface area contributed by atoms with Crippen LogP contribution in [0.4, 0.5) is 5.69 Å². The first-order chi connectivity index (χ1) is 7.72. The van der Waals surface area contributed by atoms with Gasteiger partial charge in [-0.1, -0.05) is 17.7 Å². The Hall–Kier alpha value is -1.24. The second kappa shape index (κ2) is 4.73. The molecule has 1 atom stereocenters. The summed E-state index contributed by atoms with van der Waals surface area (Å²) in [4.78, 5) is 2.15. The molecule has 1 unspecified atom stereocenters. The summed E-state index contributed by atoms with van der Waals surface area (Å²) in [7, 11) is 0. The third-order valence-electron chi connectivity index (χ3n) is 2.69. The molecule has 16 heavy (non-hydrogen) atoms. The molecule has 0 bridgehead atoms. The number of morpholine rings is 1. The molecule has 0 saturated carbocycles. The van der Waals surface area contributed by atoms with Crippen LogP contribution in [0.3, 0.4) is 0 Å². The number of hydrogen-bond acceptors (Lipinski definition) is 3. The number of nitrogens with zero attached hydrogens (tertiary/aromatic N) is 2. The van der Waals surface area contributed by atoms with E-state index >= 15 is 0 Å². The number of nitriles is 1. The zero-order valence-electron chi connectivity index (χ0n) is 9.11. The summed E-state index contributed by atoms with van der Waals surface area (Å²) in [6.07, 6.45) is 0.194. The molecule has 2 rings (SSSR count). The first kappa shape index (κ1) is 11.3. The monoisotopic (exact) mass is 236 g/mol. The molecule has 1 heterocycles. The number of halogens is 1. The summed E-state index contributed by atoms with van der Waals surface area (Å²) < 4.78 is 5.48. The molecule has 0 N–H and O–H groups in total. The Balaban J connectivity index is 2.33. The number of benzene rings is 1. The molecular weight excluding hydrogens is 224 g/mol. The molecule has 1 aromatic rings. The van der Waals surface area contributed by atoms with Crippen molar-refractivity contribution in [3.05, 3.63) is 28.8 Å². The highest BCUT2D eigenvalue weighted by molar-refractivity contribution is 6.32. The summed E-state index contributed by atoms with van der Waals surface area (Å²) in [6.45, 7) is 4.33. The van der Waals surface area contributed by atoms with Gasteiger partial charge in [-0.2, -0.15) is 5.26 Å². The summed E-state index contributed by atoms with van der Waals surface area (Å²) in [5, 5.41) is 9.62. The lowest BCUT2D eigenvalue weighted by Crippen LogP contribution is -2.41. The van der Waals surface area contributed by atoms with E-state index in [1.165, 1.54) is 0 Å². The van der Waals surface area contributed by atoms with E-state index in [2.05, 4.69) is 11.0 Å². The van der Waals surface area contributed by atoms with Crippen molar-refractivity contribution in [2.45, 2.75) is 13.0 Å². The summed E-state index contributed by atoms with van der Waals surface area (Å²) in [5.41, 5.74) is 1.46. The van der Waals surface area contributed by atoms with Crippen molar-refractivity contribution >= 4 is 17.3 Å². The van der Waals surface area contributed by atoms with Gasteiger partial charge in [0.2, 0.25) is 0 Å². The summed E-state index contributed by atoms with van der Waals surface area (Å²) >= 11 is 6.00. The molecule has 84 valence electrons. The van der Waals surface area contributed by atoms with Crippen LogP contribution in [0.2, 0.25) is 5.02 Å². The zero-order valence-corrected chi connectivity index (χ0v) is 9.87. The van der Waals surface area contributed by atoms with Crippen molar-refractivity contribution in [3.8, 4) is 6.07 Å². The maximum atomic E-state index is 9.10. The van der Waals surface area contributed by atoms with Gasteiger partial charge in [-0.25, -0.2) is 0 Å². The molecule has 0 aliphatic carbocycles. The quantitative estimate of drug-likeness (QED) is 0.752. The Morgan fingerprint density at radius 2 is 2.38 bits per heavy atom. The van der Waals surface area contributed by atoms with Gasteiger partial charge >= 0.3 is 0 Å². The van der Waals surface area contributed by atoms with Gasteiger partial charge in [0.25, 0.3) is 0 Å². The number of hydrogen-bond donors (Lipinski definition) is 0. The predicted octanol–water partition coefficient (Wildman–Crippen LogP) is 2.44. The van der Waals surface area contributed by atoms with Gasteiger partial charge in [-0.15, -0.1) is 0 Å². The highest BCUT2D eigenvalue weighted by atomic mass is 35.5. The van der Waals surface area contributed by atoms with Crippen LogP contribution in [-0.4, -0.2) is 25.8 Å². The van der Waals surface area contributed by atoms with Crippen LogP contribution >= 0.6 is 11.6 Å². The lowest BCUT2D eigenvalue weighted by Gasteiger charge is -2.33. The van der Waals surface area contributed by atoms with Gasteiger partial charge in [0, 0.05) is 13.1 Å². The third-order valence-corrected chi connectivity index (χ3v) is 3.00. The average Bonchev–Trinajstić information content (AvgIpc) is 2.28. The third kappa shape index (κ3) is 2.13. The van der Waals surface area contributed by atoms with Gasteiger partial charge in [-0.3, -0.25) is 0 Å². The minimum absolute atomic E-state index is 0.194. The van der Waals surface area contributed by atoms with Gasteiger partial charge in [0.05, 0.1) is 29.0 Å². The SMILES string of the molecule is CC1CN(c2cccc(Cl)c2C#N)CCO1. The van der Waals surface area contributed by atoms with Crippen molar-refractivity contribution in [2.24, 2.45) is 0 Å². The Bertz CT molecular complexity index is 428. The first-order valence-corrected chi connectivity index (χ1v) is 5.65. The molecule has 0 aromatic heterocycles. The number of rotatable bonds is 1. The maximum Gasteiger partial charge on any atom is 0.103 e. The van der Waals surface area contributed by atoms with Crippen molar-refractivity contribution < 1.29 is 4.74 Å². The normalized spacial score (nSPS) is 20.6. The van der Waals surface area contributed by atoms with Crippen LogP contribution in [0.5, 0.6) is 0 Å². The van der Waals surface area contributed by atoms with Crippen LogP contribution < -0.4 is 4.90 Å². The van der Waals surface area contributed by atoms with Gasteiger partial charge < -0.3 is 9.64 Å². The summed E-state index contributed by atoms with van der Waals surface area (Å²) in [6, 6.07) is 7.71. The van der Waals surface area contributed by atoms with Crippen LogP contribution in [-0.2, 0) is 4.74 Å². The minimum Gasteiger partial charge on any atom is -0.375 e. The molecule has 1 aromatic carbocycles. The van der Waals surface area contributed by atoms with E-state index in [9.17, 15) is 0 Å². The summed E-state index contributed by atoms with van der Waals surface area (Å²) in [5.74, 6) is 0. The second-order valence-electron chi connectivity index (χ2n) is 3.87. The van der Waals surface area contributed by atoms with E-state index in [-0.39, 0.29) is 6.10 Å². The lowest BCUT2D eigenvalue weighted by molar-refractivity contribution is 0.0532. The van der Waals surface area contributed by atoms with Crippen LogP contribution in [0.15, 0.2) is 18.2 Å². The largest absolute Gasteiger partial charge is 0.375 e. The molecular formula is C12H13ClN2O. The van der Waals surface area contributed by atoms with Crippen LogP contribution in [0, 0.1) is 11.3 Å². The zero-order chi connectivity index (χ0) is 11.5. The van der Waals surface area contributed by atoms with Gasteiger partial charge in [0.15, 0.2) is 0 Å². The molecule has 1 aliphatic heterocycles. The van der Waals surface area contributed by atoms with Gasteiger partial charge in [0.1, 0.15) is 6.07 Å². The van der Waals surface area contributed by atoms with E-state index in [1.54, 1.807) is 6.07 Å². The lowest BCUT2D eigenvalue weighted by atomic mass is 10.1. The van der Waals surface area contributed by atoms with Gasteiger partial charge in [-0.05, 0) is 19.1 Å². The standard InChI is InChI=1S/C12H13ClN2O/c1-9-8-15(5-6-16-9)12-4-2-3-11(13)10(12)7-14/h2-4,9H,5-6,8H2,1H3. The topological polar surface area (TPSA) is 36.3 Å². The highest BCUT2D eigenvalue weighted by Crippen LogP contribution is 2.27. The van der Waals surface area contributed by atoms with E-state index in [1.807, 2.05) is 19.1 Å². The van der Waals surface area contributed by atoms with E-state index < -0.39 is 0 Å². The molecule has 3 nitrogen and oxygen atoms in total. The number of anilines is 1. The Kier molecular flexibility index (Phi) is 3.33. The minimum atomic E-state index is 0.194. The fourth-order valence-electron chi connectivity index (χ4n) is 1.92. The second-order valence-corrected chi connectivity index (χ2v) is 4.28. The molecule has 1 fully saturated rings. The van der Waals surface area contributed by atoms with Crippen molar-refractivity contribution in [1.82, 2.24) is 0 Å². The van der Waals surface area contributed by atoms with E-state index in [0.717, 1.165) is 18.8 Å². The maximum absolute atomic E-state index is 9.10. The van der Waals surface area contributed by atoms with Crippen LogP contribution in [0.1, 0.15) is 12.5 Å². The van der Waals surface area contributed by atoms with Crippen molar-refractivity contribution in [1.29, 1.82) is 5.26 Å². The fourth-order valence-corrected chi connectivity index (χ4v) is 2.14. The van der Waals surface area contributed by atoms with Crippen molar-refractivity contribution in [2.75, 3.05) is 24.6 Å². The predicted molar refractivity (Wildman–Crippen MR) is 63.8 cm³/mol. The average molecular weight is 237 g/mol. The molecule has 0 amide bonds. The Labute approximate surface area is 100 Å². The van der Waals surface area contributed by atoms with E-state index in [0.29, 0.717) is 17.2 Å². The smallest absolute Gasteiger partial charge is 0.103 e. The number of ether oxygens (including phenoxy) is 1. The Morgan fingerprint density at radius 3 is 3.06 bits per heavy atom. The molecule has 1 saturated heterocycles.